The molecule has 2 atom stereocenters. The van der Waals surface area contributed by atoms with Crippen LogP contribution in [-0.2, 0) is 0 Å². The van der Waals surface area contributed by atoms with Gasteiger partial charge in [0.25, 0.3) is 0 Å². The van der Waals surface area contributed by atoms with Gasteiger partial charge in [-0.15, -0.1) is 0 Å². The number of nitrogens with zero attached hydrogens (tertiary/aromatic N) is 3. The van der Waals surface area contributed by atoms with Crippen LogP contribution < -0.4 is 5.32 Å². The Balaban J connectivity index is 1.45. The third-order valence-corrected chi connectivity index (χ3v) is 4.84. The van der Waals surface area contributed by atoms with E-state index >= 15 is 0 Å². The fraction of sp³-hybridized carbons (Fsp3) is 0.471. The van der Waals surface area contributed by atoms with Crippen LogP contribution in [-0.4, -0.2) is 39.9 Å². The molecule has 2 fully saturated rings. The van der Waals surface area contributed by atoms with E-state index in [4.69, 9.17) is 0 Å². The maximum absolute atomic E-state index is 4.26. The van der Waals surface area contributed by atoms with Crippen molar-refractivity contribution in [2.45, 2.75) is 37.8 Å². The molecule has 0 aliphatic carbocycles. The molecule has 4 nitrogen and oxygen atoms in total. The average Bonchev–Trinajstić information content (AvgIpc) is 3.19. The van der Waals surface area contributed by atoms with E-state index in [1.54, 1.807) is 0 Å². The molecule has 1 N–H and O–H groups in total. The fourth-order valence-electron chi connectivity index (χ4n) is 3.76. The molecule has 0 saturated carbocycles. The Kier molecular flexibility index (Phi) is 3.39. The smallest absolute Gasteiger partial charge is 0.0647 e. The van der Waals surface area contributed by atoms with Gasteiger partial charge >= 0.3 is 0 Å². The molecule has 2 aromatic rings. The van der Waals surface area contributed by atoms with Crippen molar-refractivity contribution in [3.63, 3.8) is 0 Å². The lowest BCUT2D eigenvalue weighted by molar-refractivity contribution is 0.193. The molecule has 2 unspecified atom stereocenters. The topological polar surface area (TPSA) is 33.1 Å². The Bertz CT molecular complexity index is 575. The standard InChI is InChI=1S/C17H22N4/c1-2-11-20-13-9-16(17(20)4-1)19-14-5-7-15(8-6-14)21-12-3-10-18-21/h3,5-8,10,12,16-17,19H,1-2,4,9,11,13H2. The normalized spacial score (nSPS) is 25.7. The van der Waals surface area contributed by atoms with Crippen molar-refractivity contribution in [1.29, 1.82) is 0 Å². The number of nitrogens with one attached hydrogen (secondary N) is 1. The van der Waals surface area contributed by atoms with Crippen molar-refractivity contribution >= 4 is 5.69 Å². The lowest BCUT2D eigenvalue weighted by Gasteiger charge is -2.33. The fourth-order valence-corrected chi connectivity index (χ4v) is 3.76. The van der Waals surface area contributed by atoms with Gasteiger partial charge in [0.05, 0.1) is 5.69 Å². The molecule has 0 amide bonds. The molecule has 0 radical (unpaired) electrons. The van der Waals surface area contributed by atoms with Crippen LogP contribution >= 0.6 is 0 Å². The summed E-state index contributed by atoms with van der Waals surface area (Å²) in [5, 5.41) is 8.00. The van der Waals surface area contributed by atoms with E-state index in [0.29, 0.717) is 6.04 Å². The van der Waals surface area contributed by atoms with E-state index in [-0.39, 0.29) is 0 Å². The predicted molar refractivity (Wildman–Crippen MR) is 84.8 cm³/mol. The highest BCUT2D eigenvalue weighted by Crippen LogP contribution is 2.29. The Hall–Kier alpha value is -1.81. The maximum atomic E-state index is 4.26. The number of rotatable bonds is 3. The zero-order valence-electron chi connectivity index (χ0n) is 12.3. The number of aromatic nitrogens is 2. The second-order valence-corrected chi connectivity index (χ2v) is 6.14. The second kappa shape index (κ2) is 5.53. The summed E-state index contributed by atoms with van der Waals surface area (Å²) in [7, 11) is 0. The van der Waals surface area contributed by atoms with Gasteiger partial charge in [-0.2, -0.15) is 5.10 Å². The first-order valence-corrected chi connectivity index (χ1v) is 8.01. The Morgan fingerprint density at radius 1 is 1.05 bits per heavy atom. The van der Waals surface area contributed by atoms with Crippen LogP contribution in [0.15, 0.2) is 42.7 Å². The second-order valence-electron chi connectivity index (χ2n) is 6.14. The van der Waals surface area contributed by atoms with Gasteiger partial charge in [0.2, 0.25) is 0 Å². The minimum Gasteiger partial charge on any atom is -0.381 e. The highest BCUT2D eigenvalue weighted by atomic mass is 15.3. The number of fused-ring (bicyclic) bond motifs is 1. The van der Waals surface area contributed by atoms with Crippen LogP contribution in [0.3, 0.4) is 0 Å². The summed E-state index contributed by atoms with van der Waals surface area (Å²) >= 11 is 0. The molecule has 2 aliphatic rings. The molecule has 0 bridgehead atoms. The molecule has 0 spiro atoms. The number of anilines is 1. The van der Waals surface area contributed by atoms with E-state index in [9.17, 15) is 0 Å². The van der Waals surface area contributed by atoms with Crippen molar-refractivity contribution in [3.05, 3.63) is 42.7 Å². The number of benzene rings is 1. The van der Waals surface area contributed by atoms with Gasteiger partial charge in [-0.05, 0) is 56.1 Å². The van der Waals surface area contributed by atoms with Gasteiger partial charge in [0.15, 0.2) is 0 Å². The summed E-state index contributed by atoms with van der Waals surface area (Å²) in [6, 6.07) is 11.9. The van der Waals surface area contributed by atoms with Crippen LogP contribution in [0.25, 0.3) is 5.69 Å². The van der Waals surface area contributed by atoms with Gasteiger partial charge in [0.1, 0.15) is 0 Å². The monoisotopic (exact) mass is 282 g/mol. The molecule has 1 aromatic heterocycles. The molecule has 21 heavy (non-hydrogen) atoms. The minimum atomic E-state index is 0.612. The molecule has 4 heteroatoms. The molecule has 2 saturated heterocycles. The Morgan fingerprint density at radius 2 is 1.95 bits per heavy atom. The molecule has 3 heterocycles. The van der Waals surface area contributed by atoms with Crippen LogP contribution in [0.4, 0.5) is 5.69 Å². The van der Waals surface area contributed by atoms with Crippen LogP contribution in [0.2, 0.25) is 0 Å². The third kappa shape index (κ3) is 2.56. The lowest BCUT2D eigenvalue weighted by Crippen LogP contribution is -2.41. The highest BCUT2D eigenvalue weighted by Gasteiger charge is 2.35. The number of hydrogen-bond acceptors (Lipinski definition) is 3. The SMILES string of the molecule is c1cnn(-c2ccc(NC3CCN4CCCCC34)cc2)c1. The molecule has 4 rings (SSSR count). The third-order valence-electron chi connectivity index (χ3n) is 4.84. The van der Waals surface area contributed by atoms with E-state index in [1.807, 2.05) is 23.1 Å². The summed E-state index contributed by atoms with van der Waals surface area (Å²) in [6.45, 7) is 2.55. The van der Waals surface area contributed by atoms with Crippen molar-refractivity contribution < 1.29 is 0 Å². The first-order chi connectivity index (χ1) is 10.4. The van der Waals surface area contributed by atoms with E-state index in [2.05, 4.69) is 39.6 Å². The van der Waals surface area contributed by atoms with E-state index in [0.717, 1.165) is 11.7 Å². The van der Waals surface area contributed by atoms with Crippen molar-refractivity contribution in [2.75, 3.05) is 18.4 Å². The summed E-state index contributed by atoms with van der Waals surface area (Å²) in [5.74, 6) is 0. The summed E-state index contributed by atoms with van der Waals surface area (Å²) in [5.41, 5.74) is 2.33. The molecule has 1 aromatic carbocycles. The quantitative estimate of drug-likeness (QED) is 0.939. The zero-order valence-corrected chi connectivity index (χ0v) is 12.3. The maximum Gasteiger partial charge on any atom is 0.0647 e. The van der Waals surface area contributed by atoms with Crippen LogP contribution in [0.1, 0.15) is 25.7 Å². The minimum absolute atomic E-state index is 0.612. The number of hydrogen-bond donors (Lipinski definition) is 1. The highest BCUT2D eigenvalue weighted by molar-refractivity contribution is 5.49. The molecule has 110 valence electrons. The molecule has 2 aliphatic heterocycles. The van der Waals surface area contributed by atoms with Gasteiger partial charge < -0.3 is 5.32 Å². The van der Waals surface area contributed by atoms with E-state index in [1.165, 1.54) is 44.5 Å². The predicted octanol–water partition coefficient (Wildman–Crippen LogP) is 2.91. The zero-order chi connectivity index (χ0) is 14.1. The van der Waals surface area contributed by atoms with Gasteiger partial charge in [0, 0.05) is 36.7 Å². The lowest BCUT2D eigenvalue weighted by atomic mass is 9.99. The van der Waals surface area contributed by atoms with E-state index < -0.39 is 0 Å². The Morgan fingerprint density at radius 3 is 2.76 bits per heavy atom. The summed E-state index contributed by atoms with van der Waals surface area (Å²) < 4.78 is 1.89. The largest absolute Gasteiger partial charge is 0.381 e. The van der Waals surface area contributed by atoms with Crippen LogP contribution in [0.5, 0.6) is 0 Å². The van der Waals surface area contributed by atoms with Crippen molar-refractivity contribution in [2.24, 2.45) is 0 Å². The van der Waals surface area contributed by atoms with Gasteiger partial charge in [-0.25, -0.2) is 4.68 Å². The van der Waals surface area contributed by atoms with Gasteiger partial charge in [-0.1, -0.05) is 6.42 Å². The van der Waals surface area contributed by atoms with Gasteiger partial charge in [-0.3, -0.25) is 4.90 Å². The summed E-state index contributed by atoms with van der Waals surface area (Å²) in [4.78, 5) is 2.67. The summed E-state index contributed by atoms with van der Waals surface area (Å²) in [6.07, 6.45) is 9.16. The van der Waals surface area contributed by atoms with Crippen molar-refractivity contribution in [1.82, 2.24) is 14.7 Å². The van der Waals surface area contributed by atoms with Crippen LogP contribution in [0, 0.1) is 0 Å². The molecular formula is C17H22N4. The molecular weight excluding hydrogens is 260 g/mol. The first-order valence-electron chi connectivity index (χ1n) is 8.01. The first kappa shape index (κ1) is 12.9. The average molecular weight is 282 g/mol. The van der Waals surface area contributed by atoms with Crippen molar-refractivity contribution in [3.8, 4) is 5.69 Å². The Labute approximate surface area is 125 Å². The number of piperidine rings is 1.